The fourth-order valence-electron chi connectivity index (χ4n) is 3.86. The molecule has 0 aliphatic heterocycles. The highest BCUT2D eigenvalue weighted by molar-refractivity contribution is 5.81. The Hall–Kier alpha value is -1.71. The number of methoxy groups -OCH3 is 1. The second-order valence-electron chi connectivity index (χ2n) is 6.48. The van der Waals surface area contributed by atoms with Gasteiger partial charge in [0.25, 0.3) is 5.91 Å². The molecule has 2 aliphatic carbocycles. The topological polar surface area (TPSA) is 47.6 Å². The first-order chi connectivity index (χ1) is 10.7. The van der Waals surface area contributed by atoms with Crippen LogP contribution in [-0.4, -0.2) is 25.2 Å². The molecular formula is C18H25NO3. The molecule has 0 radical (unpaired) electrons. The van der Waals surface area contributed by atoms with Gasteiger partial charge in [-0.25, -0.2) is 0 Å². The van der Waals surface area contributed by atoms with E-state index in [2.05, 4.69) is 5.32 Å². The number of amides is 1. The van der Waals surface area contributed by atoms with E-state index in [1.165, 1.54) is 19.3 Å². The summed E-state index contributed by atoms with van der Waals surface area (Å²) in [7, 11) is 1.62. The van der Waals surface area contributed by atoms with Crippen molar-refractivity contribution in [3.63, 3.8) is 0 Å². The maximum atomic E-state index is 12.5. The number of nitrogens with one attached hydrogen (secondary N) is 1. The molecule has 2 bridgehead atoms. The zero-order valence-electron chi connectivity index (χ0n) is 13.4. The molecule has 4 heteroatoms. The van der Waals surface area contributed by atoms with Crippen molar-refractivity contribution < 1.29 is 14.3 Å². The van der Waals surface area contributed by atoms with Gasteiger partial charge in [0.05, 0.1) is 7.11 Å². The van der Waals surface area contributed by atoms with Gasteiger partial charge in [-0.05, 0) is 49.7 Å². The lowest BCUT2D eigenvalue weighted by molar-refractivity contribution is -0.129. The lowest BCUT2D eigenvalue weighted by Gasteiger charge is -2.25. The second kappa shape index (κ2) is 6.59. The number of rotatable bonds is 6. The fraction of sp³-hybridized carbons (Fsp3) is 0.611. The largest absolute Gasteiger partial charge is 0.497 e. The highest BCUT2D eigenvalue weighted by atomic mass is 16.5. The molecule has 2 aliphatic rings. The summed E-state index contributed by atoms with van der Waals surface area (Å²) in [5.74, 6) is 2.94. The molecule has 2 saturated carbocycles. The van der Waals surface area contributed by atoms with Crippen LogP contribution in [0.5, 0.6) is 11.5 Å². The first-order valence-electron chi connectivity index (χ1n) is 8.30. The van der Waals surface area contributed by atoms with Crippen LogP contribution >= 0.6 is 0 Å². The van der Waals surface area contributed by atoms with Gasteiger partial charge in [0.15, 0.2) is 6.10 Å². The van der Waals surface area contributed by atoms with Crippen molar-refractivity contribution in [3.8, 4) is 11.5 Å². The van der Waals surface area contributed by atoms with Crippen LogP contribution in [0.4, 0.5) is 0 Å². The Morgan fingerprint density at radius 3 is 2.77 bits per heavy atom. The van der Waals surface area contributed by atoms with Gasteiger partial charge in [-0.3, -0.25) is 4.79 Å². The summed E-state index contributed by atoms with van der Waals surface area (Å²) in [5.41, 5.74) is 0. The molecule has 1 N–H and O–H groups in total. The smallest absolute Gasteiger partial charge is 0.261 e. The summed E-state index contributed by atoms with van der Waals surface area (Å²) in [6, 6.07) is 7.76. The second-order valence-corrected chi connectivity index (χ2v) is 6.48. The highest BCUT2D eigenvalue weighted by Gasteiger charge is 2.40. The minimum Gasteiger partial charge on any atom is -0.497 e. The fourth-order valence-corrected chi connectivity index (χ4v) is 3.86. The lowest BCUT2D eigenvalue weighted by atomic mass is 9.95. The summed E-state index contributed by atoms with van der Waals surface area (Å²) in [5, 5.41) is 3.21. The van der Waals surface area contributed by atoms with Crippen LogP contribution in [0.2, 0.25) is 0 Å². The monoisotopic (exact) mass is 303 g/mol. The van der Waals surface area contributed by atoms with Crippen LogP contribution in [0.15, 0.2) is 24.3 Å². The first kappa shape index (κ1) is 15.2. The molecule has 2 fully saturated rings. The van der Waals surface area contributed by atoms with Gasteiger partial charge in [-0.1, -0.05) is 19.4 Å². The summed E-state index contributed by atoms with van der Waals surface area (Å²) in [6.07, 6.45) is 5.26. The van der Waals surface area contributed by atoms with Crippen molar-refractivity contribution in [1.29, 1.82) is 0 Å². The van der Waals surface area contributed by atoms with Crippen LogP contribution in [0.1, 0.15) is 39.0 Å². The molecule has 120 valence electrons. The van der Waals surface area contributed by atoms with Crippen molar-refractivity contribution in [2.75, 3.05) is 7.11 Å². The molecule has 0 aromatic heterocycles. The van der Waals surface area contributed by atoms with Crippen LogP contribution in [0.25, 0.3) is 0 Å². The standard InChI is InChI=1S/C18H25NO3/c1-3-17(22-15-6-4-5-14(11-15)21-2)18(20)19-16-10-12-7-8-13(16)9-12/h4-6,11-13,16-17H,3,7-10H2,1-2H3,(H,19,20)/t12-,13-,16-,17+/m1/s1. The Bertz CT molecular complexity index is 531. The average molecular weight is 303 g/mol. The third kappa shape index (κ3) is 3.21. The van der Waals surface area contributed by atoms with Crippen LogP contribution in [0.3, 0.4) is 0 Å². The summed E-state index contributed by atoms with van der Waals surface area (Å²) < 4.78 is 11.1. The molecule has 1 aromatic carbocycles. The van der Waals surface area contributed by atoms with E-state index in [1.54, 1.807) is 7.11 Å². The normalized spacial score (nSPS) is 27.5. The SMILES string of the molecule is CC[C@H](Oc1cccc(OC)c1)C(=O)N[C@@H]1C[C@@H]2CC[C@@H]1C2. The van der Waals surface area contributed by atoms with Gasteiger partial charge >= 0.3 is 0 Å². The van der Waals surface area contributed by atoms with Crippen molar-refractivity contribution in [2.24, 2.45) is 11.8 Å². The van der Waals surface area contributed by atoms with Crippen molar-refractivity contribution in [2.45, 2.75) is 51.2 Å². The Balaban J connectivity index is 1.59. The zero-order chi connectivity index (χ0) is 15.5. The van der Waals surface area contributed by atoms with Crippen LogP contribution in [-0.2, 0) is 4.79 Å². The number of fused-ring (bicyclic) bond motifs is 2. The van der Waals surface area contributed by atoms with E-state index in [0.717, 1.165) is 18.1 Å². The maximum absolute atomic E-state index is 12.5. The van der Waals surface area contributed by atoms with Gasteiger partial charge < -0.3 is 14.8 Å². The average Bonchev–Trinajstić information content (AvgIpc) is 3.15. The van der Waals surface area contributed by atoms with E-state index in [-0.39, 0.29) is 5.91 Å². The quantitative estimate of drug-likeness (QED) is 0.878. The number of carbonyl (C=O) groups excluding carboxylic acids is 1. The van der Waals surface area contributed by atoms with Gasteiger partial charge in [0.1, 0.15) is 11.5 Å². The molecule has 0 saturated heterocycles. The zero-order valence-corrected chi connectivity index (χ0v) is 13.4. The van der Waals surface area contributed by atoms with Crippen molar-refractivity contribution in [1.82, 2.24) is 5.32 Å². The van der Waals surface area contributed by atoms with Crippen molar-refractivity contribution in [3.05, 3.63) is 24.3 Å². The Morgan fingerprint density at radius 2 is 2.14 bits per heavy atom. The minimum atomic E-state index is -0.439. The molecule has 0 spiro atoms. The highest BCUT2D eigenvalue weighted by Crippen LogP contribution is 2.44. The predicted molar refractivity (Wildman–Crippen MR) is 85.1 cm³/mol. The van der Waals surface area contributed by atoms with Crippen molar-refractivity contribution >= 4 is 5.91 Å². The van der Waals surface area contributed by atoms with E-state index in [9.17, 15) is 4.79 Å². The number of carbonyl (C=O) groups is 1. The first-order valence-corrected chi connectivity index (χ1v) is 8.30. The summed E-state index contributed by atoms with van der Waals surface area (Å²) in [6.45, 7) is 1.98. The van der Waals surface area contributed by atoms with Gasteiger partial charge in [-0.15, -0.1) is 0 Å². The van der Waals surface area contributed by atoms with E-state index < -0.39 is 6.10 Å². The molecule has 3 rings (SSSR count). The lowest BCUT2D eigenvalue weighted by Crippen LogP contribution is -2.45. The molecular weight excluding hydrogens is 278 g/mol. The van der Waals surface area contributed by atoms with Gasteiger partial charge in [0.2, 0.25) is 0 Å². The Labute approximate surface area is 132 Å². The molecule has 4 nitrogen and oxygen atoms in total. The number of hydrogen-bond donors (Lipinski definition) is 1. The Kier molecular flexibility index (Phi) is 4.55. The number of ether oxygens (including phenoxy) is 2. The summed E-state index contributed by atoms with van der Waals surface area (Å²) >= 11 is 0. The molecule has 1 aromatic rings. The summed E-state index contributed by atoms with van der Waals surface area (Å²) in [4.78, 5) is 12.5. The van der Waals surface area contributed by atoms with E-state index in [1.807, 2.05) is 31.2 Å². The van der Waals surface area contributed by atoms with E-state index in [4.69, 9.17) is 9.47 Å². The van der Waals surface area contributed by atoms with Gasteiger partial charge in [0, 0.05) is 12.1 Å². The molecule has 22 heavy (non-hydrogen) atoms. The van der Waals surface area contributed by atoms with Crippen LogP contribution < -0.4 is 14.8 Å². The van der Waals surface area contributed by atoms with E-state index in [0.29, 0.717) is 24.1 Å². The third-order valence-electron chi connectivity index (χ3n) is 5.05. The predicted octanol–water partition coefficient (Wildman–Crippen LogP) is 3.16. The van der Waals surface area contributed by atoms with Crippen LogP contribution in [0, 0.1) is 11.8 Å². The Morgan fingerprint density at radius 1 is 1.32 bits per heavy atom. The molecule has 0 heterocycles. The maximum Gasteiger partial charge on any atom is 0.261 e. The molecule has 1 amide bonds. The molecule has 4 atom stereocenters. The number of hydrogen-bond acceptors (Lipinski definition) is 3. The molecule has 0 unspecified atom stereocenters. The third-order valence-corrected chi connectivity index (χ3v) is 5.05. The minimum absolute atomic E-state index is 0.0165. The van der Waals surface area contributed by atoms with E-state index >= 15 is 0 Å². The van der Waals surface area contributed by atoms with Gasteiger partial charge in [-0.2, -0.15) is 0 Å². The number of benzene rings is 1.